The number of hydrogen-bond acceptors (Lipinski definition) is 4. The van der Waals surface area contributed by atoms with Crippen molar-refractivity contribution >= 4 is 17.2 Å². The molecule has 0 saturated carbocycles. The smallest absolute Gasteiger partial charge is 0.265 e. The molecule has 1 aliphatic rings. The van der Waals surface area contributed by atoms with Crippen LogP contribution in [0.15, 0.2) is 54.7 Å². The molecule has 6 heteroatoms. The van der Waals surface area contributed by atoms with Gasteiger partial charge in [-0.2, -0.15) is 0 Å². The Balaban J connectivity index is 2.06. The highest BCUT2D eigenvalue weighted by atomic mass is 16.6. The van der Waals surface area contributed by atoms with Gasteiger partial charge in [-0.15, -0.1) is 0 Å². The van der Waals surface area contributed by atoms with E-state index in [2.05, 4.69) is 0 Å². The van der Waals surface area contributed by atoms with Gasteiger partial charge in [0.05, 0.1) is 24.3 Å². The fraction of sp³-hybridized carbons (Fsp3) is 0.118. The molecule has 0 radical (unpaired) electrons. The molecule has 0 aromatic heterocycles. The lowest BCUT2D eigenvalue weighted by Gasteiger charge is -2.17. The number of benzene rings is 2. The number of fused-ring (bicyclic) bond motifs is 1. The molecular formula is C17H14N2O4. The molecule has 2 aromatic carbocycles. The van der Waals surface area contributed by atoms with E-state index in [9.17, 15) is 14.9 Å². The first-order valence-corrected chi connectivity index (χ1v) is 6.99. The van der Waals surface area contributed by atoms with E-state index in [1.54, 1.807) is 23.1 Å². The topological polar surface area (TPSA) is 72.7 Å². The second-order valence-electron chi connectivity index (χ2n) is 5.09. The molecule has 0 fully saturated rings. The lowest BCUT2D eigenvalue weighted by molar-refractivity contribution is -0.401. The van der Waals surface area contributed by atoms with E-state index >= 15 is 0 Å². The predicted molar refractivity (Wildman–Crippen MR) is 85.6 cm³/mol. The predicted octanol–water partition coefficient (Wildman–Crippen LogP) is 2.86. The van der Waals surface area contributed by atoms with Gasteiger partial charge in [-0.1, -0.05) is 30.3 Å². The lowest BCUT2D eigenvalue weighted by atomic mass is 10.1. The molecule has 0 spiro atoms. The molecule has 0 bridgehead atoms. The third-order valence-electron chi connectivity index (χ3n) is 3.68. The quantitative estimate of drug-likeness (QED) is 0.494. The summed E-state index contributed by atoms with van der Waals surface area (Å²) >= 11 is 0. The van der Waals surface area contributed by atoms with Crippen LogP contribution in [0.3, 0.4) is 0 Å². The fourth-order valence-electron chi connectivity index (χ4n) is 2.62. The van der Waals surface area contributed by atoms with Crippen LogP contribution in [-0.2, 0) is 11.3 Å². The van der Waals surface area contributed by atoms with Crippen molar-refractivity contribution in [2.75, 3.05) is 12.0 Å². The maximum Gasteiger partial charge on any atom is 0.265 e. The Morgan fingerprint density at radius 2 is 1.96 bits per heavy atom. The molecule has 116 valence electrons. The largest absolute Gasteiger partial charge is 0.497 e. The summed E-state index contributed by atoms with van der Waals surface area (Å²) in [6, 6.07) is 14.6. The van der Waals surface area contributed by atoms with Gasteiger partial charge in [0.1, 0.15) is 11.3 Å². The van der Waals surface area contributed by atoms with Gasteiger partial charge in [-0.25, -0.2) is 0 Å². The van der Waals surface area contributed by atoms with Crippen LogP contribution in [-0.4, -0.2) is 17.9 Å². The highest BCUT2D eigenvalue weighted by Gasteiger charge is 2.35. The third kappa shape index (κ3) is 2.78. The zero-order chi connectivity index (χ0) is 16.4. The summed E-state index contributed by atoms with van der Waals surface area (Å²) in [7, 11) is 1.51. The van der Waals surface area contributed by atoms with Gasteiger partial charge in [0.2, 0.25) is 6.20 Å². The van der Waals surface area contributed by atoms with Gasteiger partial charge >= 0.3 is 0 Å². The van der Waals surface area contributed by atoms with Crippen LogP contribution in [0.2, 0.25) is 0 Å². The SMILES string of the molecule is COc1ccc2c(c1)C(=C[N+](=O)[O-])C(=O)N2Cc1ccccc1. The van der Waals surface area contributed by atoms with Gasteiger partial charge in [-0.05, 0) is 23.8 Å². The average molecular weight is 310 g/mol. The molecule has 6 nitrogen and oxygen atoms in total. The van der Waals surface area contributed by atoms with Crippen molar-refractivity contribution in [1.29, 1.82) is 0 Å². The third-order valence-corrected chi connectivity index (χ3v) is 3.68. The van der Waals surface area contributed by atoms with E-state index in [0.717, 1.165) is 11.8 Å². The number of carbonyl (C=O) groups is 1. The van der Waals surface area contributed by atoms with Crippen molar-refractivity contribution in [2.45, 2.75) is 6.54 Å². The molecule has 23 heavy (non-hydrogen) atoms. The standard InChI is InChI=1S/C17H14N2O4/c1-23-13-7-8-16-14(9-13)15(11-19(21)22)17(20)18(16)10-12-5-3-2-4-6-12/h2-9,11H,10H2,1H3. The van der Waals surface area contributed by atoms with Crippen LogP contribution >= 0.6 is 0 Å². The first-order valence-electron chi connectivity index (χ1n) is 6.99. The Morgan fingerprint density at radius 1 is 1.22 bits per heavy atom. The molecule has 1 aliphatic heterocycles. The number of anilines is 1. The summed E-state index contributed by atoms with van der Waals surface area (Å²) in [5, 5.41) is 10.9. The molecule has 0 atom stereocenters. The van der Waals surface area contributed by atoms with Crippen molar-refractivity contribution in [3.8, 4) is 5.75 Å². The number of rotatable bonds is 4. The van der Waals surface area contributed by atoms with Crippen LogP contribution in [0.25, 0.3) is 5.57 Å². The van der Waals surface area contributed by atoms with Gasteiger partial charge in [-0.3, -0.25) is 14.9 Å². The number of hydrogen-bond donors (Lipinski definition) is 0. The summed E-state index contributed by atoms with van der Waals surface area (Å²) < 4.78 is 5.15. The Kier molecular flexibility index (Phi) is 3.80. The van der Waals surface area contributed by atoms with Crippen LogP contribution in [0, 0.1) is 10.1 Å². The lowest BCUT2D eigenvalue weighted by Crippen LogP contribution is -2.25. The highest BCUT2D eigenvalue weighted by molar-refractivity contribution is 6.32. The summed E-state index contributed by atoms with van der Waals surface area (Å²) in [4.78, 5) is 24.4. The summed E-state index contributed by atoms with van der Waals surface area (Å²) in [5.74, 6) is 0.168. The highest BCUT2D eigenvalue weighted by Crippen LogP contribution is 2.39. The van der Waals surface area contributed by atoms with Gasteiger partial charge in [0.25, 0.3) is 5.91 Å². The first kappa shape index (κ1) is 14.8. The van der Waals surface area contributed by atoms with E-state index in [-0.39, 0.29) is 11.5 Å². The minimum absolute atomic E-state index is 0.0693. The summed E-state index contributed by atoms with van der Waals surface area (Å²) in [6.45, 7) is 0.355. The number of carbonyl (C=O) groups excluding carboxylic acids is 1. The summed E-state index contributed by atoms with van der Waals surface area (Å²) in [5.41, 5.74) is 2.18. The molecular weight excluding hydrogens is 296 g/mol. The Bertz CT molecular complexity index is 799. The Hall–Kier alpha value is -3.15. The van der Waals surface area contributed by atoms with Crippen LogP contribution in [0.5, 0.6) is 5.75 Å². The zero-order valence-electron chi connectivity index (χ0n) is 12.4. The van der Waals surface area contributed by atoms with Crippen molar-refractivity contribution in [2.24, 2.45) is 0 Å². The molecule has 1 amide bonds. The Labute approximate surface area is 132 Å². The second kappa shape index (κ2) is 5.92. The summed E-state index contributed by atoms with van der Waals surface area (Å²) in [6.07, 6.45) is 0.756. The molecule has 2 aromatic rings. The van der Waals surface area contributed by atoms with Crippen molar-refractivity contribution in [3.63, 3.8) is 0 Å². The van der Waals surface area contributed by atoms with Crippen LogP contribution < -0.4 is 9.64 Å². The number of nitrogens with zero attached hydrogens (tertiary/aromatic N) is 2. The van der Waals surface area contributed by atoms with Crippen LogP contribution in [0.1, 0.15) is 11.1 Å². The molecule has 0 saturated heterocycles. The second-order valence-corrected chi connectivity index (χ2v) is 5.09. The normalized spacial score (nSPS) is 14.9. The van der Waals surface area contributed by atoms with Crippen molar-refractivity contribution in [3.05, 3.63) is 76.0 Å². The van der Waals surface area contributed by atoms with Crippen molar-refractivity contribution in [1.82, 2.24) is 0 Å². The number of amides is 1. The first-order chi connectivity index (χ1) is 11.1. The molecule has 3 rings (SSSR count). The van der Waals surface area contributed by atoms with E-state index in [0.29, 0.717) is 23.5 Å². The van der Waals surface area contributed by atoms with E-state index in [1.165, 1.54) is 7.11 Å². The van der Waals surface area contributed by atoms with Gasteiger partial charge in [0, 0.05) is 5.56 Å². The fourth-order valence-corrected chi connectivity index (χ4v) is 2.62. The zero-order valence-corrected chi connectivity index (χ0v) is 12.4. The number of ether oxygens (including phenoxy) is 1. The number of nitro groups is 1. The average Bonchev–Trinajstić information content (AvgIpc) is 2.80. The van der Waals surface area contributed by atoms with Crippen molar-refractivity contribution < 1.29 is 14.5 Å². The minimum Gasteiger partial charge on any atom is -0.497 e. The number of methoxy groups -OCH3 is 1. The molecule has 0 N–H and O–H groups in total. The monoisotopic (exact) mass is 310 g/mol. The Morgan fingerprint density at radius 3 is 2.61 bits per heavy atom. The van der Waals surface area contributed by atoms with Gasteiger partial charge in [0.15, 0.2) is 0 Å². The van der Waals surface area contributed by atoms with Gasteiger partial charge < -0.3 is 9.64 Å². The maximum atomic E-state index is 12.6. The molecule has 0 unspecified atom stereocenters. The minimum atomic E-state index is -0.609. The van der Waals surface area contributed by atoms with E-state index in [4.69, 9.17) is 4.74 Å². The molecule has 1 heterocycles. The maximum absolute atomic E-state index is 12.6. The molecule has 0 aliphatic carbocycles. The van der Waals surface area contributed by atoms with E-state index in [1.807, 2.05) is 30.3 Å². The van der Waals surface area contributed by atoms with Crippen LogP contribution in [0.4, 0.5) is 5.69 Å². The van der Waals surface area contributed by atoms with E-state index < -0.39 is 4.92 Å².